The number of hydrogen-bond acceptors (Lipinski definition) is 2. The Bertz CT molecular complexity index is 746. The summed E-state index contributed by atoms with van der Waals surface area (Å²) in [5.41, 5.74) is 4.56. The Morgan fingerprint density at radius 1 is 1.10 bits per heavy atom. The molecule has 0 unspecified atom stereocenters. The molecule has 174 valence electrons. The van der Waals surface area contributed by atoms with Gasteiger partial charge in [0, 0.05) is 6.92 Å². The zero-order chi connectivity index (χ0) is 22.4. The molecule has 0 heterocycles. The third kappa shape index (κ3) is 4.18. The van der Waals surface area contributed by atoms with Crippen LogP contribution in [0.15, 0.2) is 23.3 Å². The highest BCUT2D eigenvalue weighted by Gasteiger charge is 2.55. The number of fused-ring (bicyclic) bond motifs is 4. The van der Waals surface area contributed by atoms with Crippen molar-refractivity contribution in [2.24, 2.45) is 40.4 Å². The van der Waals surface area contributed by atoms with E-state index in [1.165, 1.54) is 51.4 Å². The summed E-state index contributed by atoms with van der Waals surface area (Å²) in [6.45, 7) is 13.9. The fourth-order valence-electron chi connectivity index (χ4n) is 8.37. The average molecular weight is 427 g/mol. The largest absolute Gasteiger partial charge is 0.463 e. The summed E-state index contributed by atoms with van der Waals surface area (Å²) in [6.07, 6.45) is 17.8. The second-order valence-corrected chi connectivity index (χ2v) is 12.3. The van der Waals surface area contributed by atoms with E-state index in [1.54, 1.807) is 6.92 Å². The third-order valence-corrected chi connectivity index (χ3v) is 10.0. The van der Waals surface area contributed by atoms with Crippen molar-refractivity contribution >= 4 is 5.97 Å². The zero-order valence-electron chi connectivity index (χ0n) is 21.0. The number of carbonyl (C=O) groups excluding carboxylic acids is 1. The van der Waals surface area contributed by atoms with E-state index in [-0.39, 0.29) is 12.1 Å². The number of allylic oxidation sites excluding steroid dienone is 4. The summed E-state index contributed by atoms with van der Waals surface area (Å²) in [6, 6.07) is 0. The van der Waals surface area contributed by atoms with Crippen LogP contribution in [0.2, 0.25) is 0 Å². The molecule has 4 rings (SSSR count). The van der Waals surface area contributed by atoms with Crippen LogP contribution < -0.4 is 0 Å². The van der Waals surface area contributed by atoms with Gasteiger partial charge in [0.15, 0.2) is 0 Å². The first-order valence-electron chi connectivity index (χ1n) is 13.2. The second kappa shape index (κ2) is 8.71. The van der Waals surface area contributed by atoms with Gasteiger partial charge in [-0.05, 0) is 105 Å². The number of carbonyl (C=O) groups is 1. The Kier molecular flexibility index (Phi) is 6.50. The highest BCUT2D eigenvalue weighted by molar-refractivity contribution is 5.66. The summed E-state index contributed by atoms with van der Waals surface area (Å²) < 4.78 is 5.63. The van der Waals surface area contributed by atoms with Gasteiger partial charge in [-0.2, -0.15) is 0 Å². The first kappa shape index (κ1) is 23.1. The lowest BCUT2D eigenvalue weighted by Gasteiger charge is -2.55. The minimum Gasteiger partial charge on any atom is -0.463 e. The number of esters is 1. The molecule has 0 saturated heterocycles. The minimum absolute atomic E-state index is 0.105. The maximum atomic E-state index is 11.5. The summed E-state index contributed by atoms with van der Waals surface area (Å²) in [4.78, 5) is 11.5. The SMILES string of the molecule is CC(=O)O[C@H]1CC[C@]2(C)C3=C(CC[C@H]2C1)[C@@H]1CC[C@H]([C@H](C)/C=C\CC(C)C)[C@@]1(C)CC3. The van der Waals surface area contributed by atoms with Gasteiger partial charge in [-0.15, -0.1) is 0 Å². The van der Waals surface area contributed by atoms with Crippen molar-refractivity contribution in [3.8, 4) is 0 Å². The molecule has 7 atom stereocenters. The highest BCUT2D eigenvalue weighted by Crippen LogP contribution is 2.65. The highest BCUT2D eigenvalue weighted by atomic mass is 16.5. The molecule has 2 nitrogen and oxygen atoms in total. The van der Waals surface area contributed by atoms with Gasteiger partial charge in [-0.25, -0.2) is 0 Å². The van der Waals surface area contributed by atoms with Gasteiger partial charge in [0.05, 0.1) is 0 Å². The molecule has 0 aromatic rings. The Hall–Kier alpha value is -1.05. The van der Waals surface area contributed by atoms with Gasteiger partial charge in [0.2, 0.25) is 0 Å². The number of hydrogen-bond donors (Lipinski definition) is 0. The standard InChI is InChI=1S/C29H46O2/c1-19(2)8-7-9-20(3)25-12-13-26-24-11-10-22-18-23(31-21(4)30)14-16-28(22,5)27(24)15-17-29(25,26)6/h7,9,19-20,22-23,25-26H,8,10-18H2,1-6H3/b9-7-/t20-,22+,23+,25-,26+,28+,29-/m1/s1. The summed E-state index contributed by atoms with van der Waals surface area (Å²) >= 11 is 0. The molecule has 4 aliphatic rings. The van der Waals surface area contributed by atoms with Crippen molar-refractivity contribution in [2.45, 2.75) is 112 Å². The third-order valence-electron chi connectivity index (χ3n) is 10.0. The molecule has 4 aliphatic carbocycles. The number of ether oxygens (including phenoxy) is 1. The Morgan fingerprint density at radius 2 is 1.87 bits per heavy atom. The normalized spacial score (nSPS) is 41.1. The van der Waals surface area contributed by atoms with Crippen LogP contribution in [0.3, 0.4) is 0 Å². The predicted octanol–water partition coefficient (Wildman–Crippen LogP) is 7.88. The van der Waals surface area contributed by atoms with Crippen LogP contribution in [-0.2, 0) is 9.53 Å². The van der Waals surface area contributed by atoms with Crippen LogP contribution in [0.4, 0.5) is 0 Å². The average Bonchev–Trinajstić information content (AvgIpc) is 3.05. The Morgan fingerprint density at radius 3 is 2.58 bits per heavy atom. The molecule has 0 aromatic carbocycles. The topological polar surface area (TPSA) is 26.3 Å². The second-order valence-electron chi connectivity index (χ2n) is 12.3. The molecular weight excluding hydrogens is 380 g/mol. The quantitative estimate of drug-likeness (QED) is 0.330. The van der Waals surface area contributed by atoms with Crippen molar-refractivity contribution in [1.82, 2.24) is 0 Å². The van der Waals surface area contributed by atoms with Gasteiger partial charge in [-0.3, -0.25) is 4.79 Å². The van der Waals surface area contributed by atoms with Crippen LogP contribution in [0.1, 0.15) is 106 Å². The maximum Gasteiger partial charge on any atom is 0.302 e. The lowest BCUT2D eigenvalue weighted by molar-refractivity contribution is -0.150. The van der Waals surface area contributed by atoms with E-state index in [9.17, 15) is 4.79 Å². The van der Waals surface area contributed by atoms with Gasteiger partial charge in [-0.1, -0.05) is 57.9 Å². The summed E-state index contributed by atoms with van der Waals surface area (Å²) in [5.74, 6) is 3.69. The summed E-state index contributed by atoms with van der Waals surface area (Å²) in [5, 5.41) is 0. The maximum absolute atomic E-state index is 11.5. The van der Waals surface area contributed by atoms with Crippen LogP contribution in [-0.4, -0.2) is 12.1 Å². The van der Waals surface area contributed by atoms with Gasteiger partial charge in [0.1, 0.15) is 6.10 Å². The van der Waals surface area contributed by atoms with E-state index in [2.05, 4.69) is 46.8 Å². The molecule has 0 spiro atoms. The van der Waals surface area contributed by atoms with E-state index in [1.807, 2.05) is 11.1 Å². The molecular formula is C29H46O2. The van der Waals surface area contributed by atoms with Gasteiger partial charge >= 0.3 is 5.97 Å². The van der Waals surface area contributed by atoms with Crippen molar-refractivity contribution in [3.63, 3.8) is 0 Å². The first-order chi connectivity index (χ1) is 14.6. The smallest absolute Gasteiger partial charge is 0.302 e. The predicted molar refractivity (Wildman–Crippen MR) is 129 cm³/mol. The van der Waals surface area contributed by atoms with Crippen molar-refractivity contribution < 1.29 is 9.53 Å². The molecule has 0 amide bonds. The van der Waals surface area contributed by atoms with Crippen LogP contribution in [0, 0.1) is 40.4 Å². The molecule has 2 heteroatoms. The van der Waals surface area contributed by atoms with E-state index in [0.717, 1.165) is 30.6 Å². The molecule has 2 saturated carbocycles. The van der Waals surface area contributed by atoms with Crippen molar-refractivity contribution in [3.05, 3.63) is 23.3 Å². The van der Waals surface area contributed by atoms with Crippen molar-refractivity contribution in [1.29, 1.82) is 0 Å². The fourth-order valence-corrected chi connectivity index (χ4v) is 8.37. The number of rotatable bonds is 5. The molecule has 2 fully saturated rings. The molecule has 0 aromatic heterocycles. The van der Waals surface area contributed by atoms with E-state index in [0.29, 0.717) is 22.7 Å². The lowest BCUT2D eigenvalue weighted by atomic mass is 9.50. The zero-order valence-corrected chi connectivity index (χ0v) is 21.0. The molecule has 0 N–H and O–H groups in total. The van der Waals surface area contributed by atoms with Gasteiger partial charge < -0.3 is 4.74 Å². The lowest BCUT2D eigenvalue weighted by Crippen LogP contribution is -2.46. The van der Waals surface area contributed by atoms with Crippen LogP contribution in [0.5, 0.6) is 0 Å². The molecule has 0 radical (unpaired) electrons. The molecule has 0 bridgehead atoms. The minimum atomic E-state index is -0.105. The molecule has 31 heavy (non-hydrogen) atoms. The summed E-state index contributed by atoms with van der Waals surface area (Å²) in [7, 11) is 0. The molecule has 0 aliphatic heterocycles. The van der Waals surface area contributed by atoms with Crippen LogP contribution >= 0.6 is 0 Å². The van der Waals surface area contributed by atoms with E-state index < -0.39 is 0 Å². The monoisotopic (exact) mass is 426 g/mol. The van der Waals surface area contributed by atoms with Gasteiger partial charge in [0.25, 0.3) is 0 Å². The van der Waals surface area contributed by atoms with E-state index in [4.69, 9.17) is 4.74 Å². The Labute approximate surface area is 191 Å². The van der Waals surface area contributed by atoms with Crippen molar-refractivity contribution in [2.75, 3.05) is 0 Å². The first-order valence-corrected chi connectivity index (χ1v) is 13.2. The fraction of sp³-hybridized carbons (Fsp3) is 0.828. The Balaban J connectivity index is 1.52. The van der Waals surface area contributed by atoms with Crippen LogP contribution in [0.25, 0.3) is 0 Å². The van der Waals surface area contributed by atoms with E-state index >= 15 is 0 Å².